The molecule has 0 unspecified atom stereocenters. The molecule has 1 aliphatic rings. The van der Waals surface area contributed by atoms with E-state index in [1.54, 1.807) is 33.8 Å². The third-order valence-electron chi connectivity index (χ3n) is 3.58. The van der Waals surface area contributed by atoms with Gasteiger partial charge in [-0.25, -0.2) is 9.78 Å². The van der Waals surface area contributed by atoms with Gasteiger partial charge >= 0.3 is 6.09 Å². The fourth-order valence-electron chi connectivity index (χ4n) is 2.33. The van der Waals surface area contributed by atoms with Gasteiger partial charge in [0.15, 0.2) is 0 Å². The number of pyridine rings is 1. The molecule has 0 saturated carbocycles. The van der Waals surface area contributed by atoms with Crippen LogP contribution in [0.15, 0.2) is 12.1 Å². The molecule has 2 rings (SSSR count). The number of hydrogen-bond donors (Lipinski definition) is 0. The number of halogens is 1. The van der Waals surface area contributed by atoms with Gasteiger partial charge in [-0.1, -0.05) is 11.6 Å². The number of ether oxygens (including phenoxy) is 1. The molecule has 7 nitrogen and oxygen atoms in total. The van der Waals surface area contributed by atoms with Crippen molar-refractivity contribution >= 4 is 29.4 Å². The van der Waals surface area contributed by atoms with Crippen LogP contribution in [0.3, 0.4) is 0 Å². The summed E-state index contributed by atoms with van der Waals surface area (Å²) in [5.41, 5.74) is 0.498. The first-order chi connectivity index (χ1) is 10.9. The van der Waals surface area contributed by atoms with Gasteiger partial charge in [0.2, 0.25) is 0 Å². The highest BCUT2D eigenvalue weighted by atomic mass is 35.5. The second-order valence-corrected chi connectivity index (χ2v) is 5.80. The third kappa shape index (κ3) is 4.25. The molecule has 0 aliphatic carbocycles. The molecule has 0 aromatic carbocycles. The normalized spacial score (nSPS) is 14.6. The van der Waals surface area contributed by atoms with Crippen molar-refractivity contribution in [2.75, 3.05) is 51.8 Å². The van der Waals surface area contributed by atoms with Gasteiger partial charge in [0.1, 0.15) is 11.0 Å². The fraction of sp³-hybridized carbons (Fsp3) is 0.533. The molecule has 0 spiro atoms. The number of piperazine rings is 1. The fourth-order valence-corrected chi connectivity index (χ4v) is 2.53. The van der Waals surface area contributed by atoms with Crippen LogP contribution in [0.4, 0.5) is 10.6 Å². The minimum absolute atomic E-state index is 0.110. The predicted molar refractivity (Wildman–Crippen MR) is 88.1 cm³/mol. The molecule has 1 aromatic rings. The summed E-state index contributed by atoms with van der Waals surface area (Å²) < 4.78 is 4.97. The predicted octanol–water partition coefficient (Wildman–Crippen LogP) is 1.72. The summed E-state index contributed by atoms with van der Waals surface area (Å²) in [7, 11) is 3.68. The quantitative estimate of drug-likeness (QED) is 0.784. The van der Waals surface area contributed by atoms with E-state index in [1.807, 2.05) is 14.1 Å². The van der Waals surface area contributed by atoms with E-state index in [1.165, 1.54) is 0 Å². The lowest BCUT2D eigenvalue weighted by molar-refractivity contribution is 0.0570. The van der Waals surface area contributed by atoms with E-state index in [0.29, 0.717) is 44.2 Å². The summed E-state index contributed by atoms with van der Waals surface area (Å²) in [5.74, 6) is 0.520. The second kappa shape index (κ2) is 7.50. The SMILES string of the molecule is CCOC(=O)N1CCN(C(=O)c2cc(Cl)nc(N(C)C)c2)CC1. The molecule has 2 heterocycles. The van der Waals surface area contributed by atoms with Gasteiger partial charge in [-0.2, -0.15) is 0 Å². The summed E-state index contributed by atoms with van der Waals surface area (Å²) in [6, 6.07) is 3.28. The lowest BCUT2D eigenvalue weighted by Gasteiger charge is -2.34. The maximum absolute atomic E-state index is 12.6. The molecule has 1 aromatic heterocycles. The van der Waals surface area contributed by atoms with E-state index in [2.05, 4.69) is 4.98 Å². The zero-order valence-corrected chi connectivity index (χ0v) is 14.3. The van der Waals surface area contributed by atoms with Gasteiger partial charge < -0.3 is 19.4 Å². The number of carbonyl (C=O) groups excluding carboxylic acids is 2. The molecule has 0 atom stereocenters. The minimum atomic E-state index is -0.332. The Morgan fingerprint density at radius 1 is 1.22 bits per heavy atom. The van der Waals surface area contributed by atoms with Crippen LogP contribution in [0.5, 0.6) is 0 Å². The van der Waals surface area contributed by atoms with Crippen molar-refractivity contribution in [1.29, 1.82) is 0 Å². The molecule has 1 fully saturated rings. The number of aromatic nitrogens is 1. The molecule has 0 N–H and O–H groups in total. The zero-order chi connectivity index (χ0) is 17.0. The summed E-state index contributed by atoms with van der Waals surface area (Å²) >= 11 is 6.00. The topological polar surface area (TPSA) is 66.0 Å². The summed E-state index contributed by atoms with van der Waals surface area (Å²) in [6.45, 7) is 3.98. The summed E-state index contributed by atoms with van der Waals surface area (Å²) in [4.78, 5) is 33.6. The number of rotatable bonds is 3. The second-order valence-electron chi connectivity index (χ2n) is 5.41. The molecule has 1 saturated heterocycles. The third-order valence-corrected chi connectivity index (χ3v) is 3.77. The Kier molecular flexibility index (Phi) is 5.65. The maximum atomic E-state index is 12.6. The number of amides is 2. The van der Waals surface area contributed by atoms with Crippen molar-refractivity contribution < 1.29 is 14.3 Å². The Balaban J connectivity index is 2.04. The highest BCUT2D eigenvalue weighted by Gasteiger charge is 2.26. The average Bonchev–Trinajstić information content (AvgIpc) is 2.54. The lowest BCUT2D eigenvalue weighted by Crippen LogP contribution is -2.50. The van der Waals surface area contributed by atoms with Gasteiger partial charge in [0.25, 0.3) is 5.91 Å². The molecule has 0 radical (unpaired) electrons. The highest BCUT2D eigenvalue weighted by molar-refractivity contribution is 6.29. The van der Waals surface area contributed by atoms with E-state index >= 15 is 0 Å². The Bertz CT molecular complexity index is 586. The Morgan fingerprint density at radius 2 is 1.83 bits per heavy atom. The molecular formula is C15H21ClN4O3. The van der Waals surface area contributed by atoms with Crippen molar-refractivity contribution in [2.24, 2.45) is 0 Å². The first-order valence-electron chi connectivity index (χ1n) is 7.48. The molecule has 8 heteroatoms. The van der Waals surface area contributed by atoms with Crippen LogP contribution in [-0.4, -0.2) is 73.7 Å². The Hall–Kier alpha value is -2.02. The first-order valence-corrected chi connectivity index (χ1v) is 7.86. The van der Waals surface area contributed by atoms with Crippen molar-refractivity contribution in [3.8, 4) is 0 Å². The largest absolute Gasteiger partial charge is 0.450 e. The van der Waals surface area contributed by atoms with E-state index in [4.69, 9.17) is 16.3 Å². The number of carbonyl (C=O) groups is 2. The van der Waals surface area contributed by atoms with Crippen LogP contribution in [-0.2, 0) is 4.74 Å². The van der Waals surface area contributed by atoms with Crippen LogP contribution in [0.1, 0.15) is 17.3 Å². The average molecular weight is 341 g/mol. The summed E-state index contributed by atoms with van der Waals surface area (Å²) in [6.07, 6.45) is -0.332. The minimum Gasteiger partial charge on any atom is -0.450 e. The Morgan fingerprint density at radius 3 is 2.39 bits per heavy atom. The van der Waals surface area contributed by atoms with Crippen molar-refractivity contribution in [3.05, 3.63) is 22.8 Å². The van der Waals surface area contributed by atoms with Crippen molar-refractivity contribution in [2.45, 2.75) is 6.92 Å². The number of anilines is 1. The van der Waals surface area contributed by atoms with Crippen LogP contribution >= 0.6 is 11.6 Å². The van der Waals surface area contributed by atoms with E-state index in [-0.39, 0.29) is 17.2 Å². The monoisotopic (exact) mass is 340 g/mol. The van der Waals surface area contributed by atoms with Gasteiger partial charge in [0, 0.05) is 45.8 Å². The van der Waals surface area contributed by atoms with Crippen molar-refractivity contribution in [1.82, 2.24) is 14.8 Å². The van der Waals surface area contributed by atoms with Gasteiger partial charge in [-0.05, 0) is 19.1 Å². The van der Waals surface area contributed by atoms with Gasteiger partial charge in [-0.15, -0.1) is 0 Å². The van der Waals surface area contributed by atoms with E-state index < -0.39 is 0 Å². The van der Waals surface area contributed by atoms with Crippen molar-refractivity contribution in [3.63, 3.8) is 0 Å². The highest BCUT2D eigenvalue weighted by Crippen LogP contribution is 2.18. The van der Waals surface area contributed by atoms with Crippen LogP contribution in [0, 0.1) is 0 Å². The first kappa shape index (κ1) is 17.3. The lowest BCUT2D eigenvalue weighted by atomic mass is 10.2. The van der Waals surface area contributed by atoms with Gasteiger partial charge in [0.05, 0.1) is 6.61 Å². The van der Waals surface area contributed by atoms with Crippen LogP contribution < -0.4 is 4.90 Å². The maximum Gasteiger partial charge on any atom is 0.409 e. The van der Waals surface area contributed by atoms with Crippen LogP contribution in [0.25, 0.3) is 0 Å². The van der Waals surface area contributed by atoms with E-state index in [0.717, 1.165) is 0 Å². The molecule has 0 bridgehead atoms. The standard InChI is InChI=1S/C15H21ClN4O3/c1-4-23-15(22)20-7-5-19(6-8-20)14(21)11-9-12(16)17-13(10-11)18(2)3/h9-10H,4-8H2,1-3H3. The molecule has 23 heavy (non-hydrogen) atoms. The molecular weight excluding hydrogens is 320 g/mol. The number of hydrogen-bond acceptors (Lipinski definition) is 5. The zero-order valence-electron chi connectivity index (χ0n) is 13.6. The molecule has 2 amide bonds. The number of nitrogens with zero attached hydrogens (tertiary/aromatic N) is 4. The Labute approximate surface area is 140 Å². The van der Waals surface area contributed by atoms with Gasteiger partial charge in [-0.3, -0.25) is 4.79 Å². The summed E-state index contributed by atoms with van der Waals surface area (Å²) in [5, 5.41) is 0.282. The smallest absolute Gasteiger partial charge is 0.409 e. The van der Waals surface area contributed by atoms with Crippen LogP contribution in [0.2, 0.25) is 5.15 Å². The molecule has 126 valence electrons. The van der Waals surface area contributed by atoms with E-state index in [9.17, 15) is 9.59 Å². The molecule has 1 aliphatic heterocycles.